The van der Waals surface area contributed by atoms with E-state index < -0.39 is 0 Å². The van der Waals surface area contributed by atoms with Crippen molar-refractivity contribution in [2.45, 2.75) is 18.5 Å². The number of anilines is 1. The summed E-state index contributed by atoms with van der Waals surface area (Å²) >= 11 is 2.26. The van der Waals surface area contributed by atoms with Crippen LogP contribution in [-0.2, 0) is 0 Å². The van der Waals surface area contributed by atoms with Gasteiger partial charge in [-0.05, 0) is 28.7 Å². The Morgan fingerprint density at radius 3 is 3.31 bits per heavy atom. The van der Waals surface area contributed by atoms with Crippen molar-refractivity contribution in [2.75, 3.05) is 18.1 Å². The Labute approximate surface area is 108 Å². The van der Waals surface area contributed by atoms with Crippen LogP contribution < -0.4 is 9.64 Å². The average Bonchev–Trinajstić information content (AvgIpc) is 2.72. The first-order valence-corrected chi connectivity index (χ1v) is 6.28. The minimum absolute atomic E-state index is 0.0965. The maximum atomic E-state index is 7.11. The maximum Gasteiger partial charge on any atom is 0.243 e. The van der Waals surface area contributed by atoms with Gasteiger partial charge < -0.3 is 14.5 Å². The summed E-state index contributed by atoms with van der Waals surface area (Å²) in [5.74, 6) is 1.79. The van der Waals surface area contributed by atoms with Crippen LogP contribution in [0.4, 0.5) is 5.82 Å². The molecule has 82 valence electrons. The second kappa shape index (κ2) is 3.77. The summed E-state index contributed by atoms with van der Waals surface area (Å²) in [5, 5.41) is 0. The third-order valence-electron chi connectivity index (χ3n) is 3.10. The van der Waals surface area contributed by atoms with Gasteiger partial charge in [-0.1, -0.05) is 0 Å². The minimum Gasteiger partial charge on any atom is -0.486 e. The van der Waals surface area contributed by atoms with Gasteiger partial charge in [0.1, 0.15) is 6.61 Å². The van der Waals surface area contributed by atoms with Crippen LogP contribution in [0.1, 0.15) is 6.42 Å². The molecule has 2 aliphatic heterocycles. The predicted octanol–water partition coefficient (Wildman–Crippen LogP) is 1.95. The van der Waals surface area contributed by atoms with Gasteiger partial charge in [-0.15, -0.1) is 0 Å². The fourth-order valence-electron chi connectivity index (χ4n) is 2.33. The Hall–Kier alpha value is -1.03. The van der Waals surface area contributed by atoms with E-state index in [4.69, 9.17) is 11.3 Å². The lowest BCUT2D eigenvalue weighted by Crippen LogP contribution is -2.39. The van der Waals surface area contributed by atoms with Crippen LogP contribution in [0.25, 0.3) is 4.85 Å². The number of hydrogen-bond acceptors (Lipinski definition) is 3. The van der Waals surface area contributed by atoms with Crippen LogP contribution in [0.2, 0.25) is 0 Å². The van der Waals surface area contributed by atoms with Gasteiger partial charge in [0.05, 0.1) is 16.2 Å². The zero-order valence-electron chi connectivity index (χ0n) is 8.56. The molecule has 1 saturated heterocycles. The number of rotatable bonds is 0. The largest absolute Gasteiger partial charge is 0.486 e. The van der Waals surface area contributed by atoms with Gasteiger partial charge in [0.25, 0.3) is 0 Å². The fraction of sp³-hybridized carbons (Fsp3) is 0.455. The Balaban J connectivity index is 2.01. The lowest BCUT2D eigenvalue weighted by atomic mass is 10.2. The average molecular weight is 327 g/mol. The van der Waals surface area contributed by atoms with Gasteiger partial charge >= 0.3 is 0 Å². The normalized spacial score (nSPS) is 26.6. The highest BCUT2D eigenvalue weighted by Crippen LogP contribution is 2.39. The molecule has 5 heteroatoms. The van der Waals surface area contributed by atoms with Crippen LogP contribution in [0.15, 0.2) is 12.3 Å². The molecular formula is C11H10IN3O. The monoisotopic (exact) mass is 327 g/mol. The molecule has 1 aromatic rings. The van der Waals surface area contributed by atoms with E-state index in [-0.39, 0.29) is 6.04 Å². The van der Waals surface area contributed by atoms with Gasteiger partial charge in [-0.3, -0.25) is 0 Å². The molecule has 0 aromatic carbocycles. The van der Waals surface area contributed by atoms with Gasteiger partial charge in [-0.2, -0.15) is 0 Å². The summed E-state index contributed by atoms with van der Waals surface area (Å²) in [4.78, 5) is 10.2. The summed E-state index contributed by atoms with van der Waals surface area (Å²) in [6, 6.07) is 2.37. The summed E-state index contributed by atoms with van der Waals surface area (Å²) in [7, 11) is 0. The Bertz CT molecular complexity index is 471. The third-order valence-corrected chi connectivity index (χ3v) is 3.95. The lowest BCUT2D eigenvalue weighted by Gasteiger charge is -2.31. The van der Waals surface area contributed by atoms with Crippen LogP contribution in [0.5, 0.6) is 5.75 Å². The third kappa shape index (κ3) is 1.44. The molecule has 0 amide bonds. The van der Waals surface area contributed by atoms with E-state index in [2.05, 4.69) is 37.3 Å². The first kappa shape index (κ1) is 10.1. The van der Waals surface area contributed by atoms with Crippen molar-refractivity contribution in [1.82, 2.24) is 4.98 Å². The molecule has 0 spiro atoms. The van der Waals surface area contributed by atoms with Gasteiger partial charge in [0, 0.05) is 12.6 Å². The second-order valence-corrected chi connectivity index (χ2v) is 5.24. The fourth-order valence-corrected chi connectivity index (χ4v) is 2.89. The zero-order chi connectivity index (χ0) is 11.1. The van der Waals surface area contributed by atoms with Crippen molar-refractivity contribution in [1.29, 1.82) is 0 Å². The number of ether oxygens (including phenoxy) is 1. The number of pyridine rings is 1. The smallest absolute Gasteiger partial charge is 0.243 e. The SMILES string of the molecule is [C-]#[N+][C@H]1C[C@H]2COc3c(I)ccnc3N2C1. The first-order chi connectivity index (χ1) is 7.79. The van der Waals surface area contributed by atoms with E-state index in [1.807, 2.05) is 6.07 Å². The lowest BCUT2D eigenvalue weighted by molar-refractivity contribution is 0.267. The van der Waals surface area contributed by atoms with E-state index in [1.54, 1.807) is 6.20 Å². The van der Waals surface area contributed by atoms with Gasteiger partial charge in [-0.25, -0.2) is 11.6 Å². The molecule has 0 bridgehead atoms. The van der Waals surface area contributed by atoms with Crippen LogP contribution >= 0.6 is 22.6 Å². The second-order valence-electron chi connectivity index (χ2n) is 4.08. The van der Waals surface area contributed by atoms with Gasteiger partial charge in [0.2, 0.25) is 6.04 Å². The Kier molecular flexibility index (Phi) is 2.39. The maximum absolute atomic E-state index is 7.11. The molecule has 2 atom stereocenters. The zero-order valence-corrected chi connectivity index (χ0v) is 10.7. The summed E-state index contributed by atoms with van der Waals surface area (Å²) in [6.07, 6.45) is 2.70. The standard InChI is InChI=1S/C11H10IN3O/c1-13-7-4-8-6-16-10-9(12)2-3-14-11(10)15(8)5-7/h2-3,7-8H,4-6H2/t7-,8-/m0/s1. The van der Waals surface area contributed by atoms with Crippen molar-refractivity contribution >= 4 is 28.4 Å². The molecular weight excluding hydrogens is 317 g/mol. The molecule has 2 aliphatic rings. The van der Waals surface area contributed by atoms with E-state index in [1.165, 1.54) is 0 Å². The predicted molar refractivity (Wildman–Crippen MR) is 68.6 cm³/mol. The van der Waals surface area contributed by atoms with Crippen LogP contribution in [0, 0.1) is 10.1 Å². The van der Waals surface area contributed by atoms with Crippen LogP contribution in [0.3, 0.4) is 0 Å². The van der Waals surface area contributed by atoms with Crippen molar-refractivity contribution < 1.29 is 4.74 Å². The summed E-state index contributed by atoms with van der Waals surface area (Å²) in [5.41, 5.74) is 0. The Morgan fingerprint density at radius 2 is 2.50 bits per heavy atom. The highest BCUT2D eigenvalue weighted by Gasteiger charge is 2.41. The number of nitrogens with zero attached hydrogens (tertiary/aromatic N) is 3. The summed E-state index contributed by atoms with van der Waals surface area (Å²) < 4.78 is 6.84. The molecule has 1 fully saturated rings. The van der Waals surface area contributed by atoms with Crippen LogP contribution in [-0.4, -0.2) is 30.2 Å². The molecule has 0 saturated carbocycles. The molecule has 0 N–H and O–H groups in total. The molecule has 1 aromatic heterocycles. The van der Waals surface area contributed by atoms with Crippen molar-refractivity contribution in [3.8, 4) is 5.75 Å². The van der Waals surface area contributed by atoms with E-state index >= 15 is 0 Å². The topological polar surface area (TPSA) is 29.7 Å². The van der Waals surface area contributed by atoms with E-state index in [9.17, 15) is 0 Å². The first-order valence-electron chi connectivity index (χ1n) is 5.20. The van der Waals surface area contributed by atoms with E-state index in [0.717, 1.165) is 28.1 Å². The minimum atomic E-state index is 0.0965. The van der Waals surface area contributed by atoms with Crippen molar-refractivity contribution in [3.63, 3.8) is 0 Å². The van der Waals surface area contributed by atoms with Crippen molar-refractivity contribution in [2.24, 2.45) is 0 Å². The van der Waals surface area contributed by atoms with Gasteiger partial charge in [0.15, 0.2) is 11.6 Å². The number of hydrogen-bond donors (Lipinski definition) is 0. The molecule has 0 aliphatic carbocycles. The number of aromatic nitrogens is 1. The van der Waals surface area contributed by atoms with Crippen molar-refractivity contribution in [3.05, 3.63) is 27.3 Å². The highest BCUT2D eigenvalue weighted by atomic mass is 127. The molecule has 0 unspecified atom stereocenters. The molecule has 3 rings (SSSR count). The molecule has 3 heterocycles. The Morgan fingerprint density at radius 1 is 1.62 bits per heavy atom. The quantitative estimate of drug-likeness (QED) is 0.539. The molecule has 16 heavy (non-hydrogen) atoms. The molecule has 4 nitrogen and oxygen atoms in total. The molecule has 0 radical (unpaired) electrons. The highest BCUT2D eigenvalue weighted by molar-refractivity contribution is 14.1. The summed E-state index contributed by atoms with van der Waals surface area (Å²) in [6.45, 7) is 8.58. The number of fused-ring (bicyclic) bond motifs is 3. The van der Waals surface area contributed by atoms with E-state index in [0.29, 0.717) is 12.6 Å². The number of halogens is 1.